The number of hydrogen-bond acceptors (Lipinski definition) is 3. The lowest BCUT2D eigenvalue weighted by atomic mass is 9.69. The Balaban J connectivity index is 2.25. The summed E-state index contributed by atoms with van der Waals surface area (Å²) in [7, 11) is -0.482. The molecule has 0 unspecified atom stereocenters. The second-order valence-corrected chi connectivity index (χ2v) is 6.70. The fraction of sp³-hybridized carbons (Fsp3) is 0.769. The molecule has 2 rings (SSSR count). The van der Waals surface area contributed by atoms with Crippen LogP contribution in [0.3, 0.4) is 0 Å². The second-order valence-electron chi connectivity index (χ2n) is 6.70. The van der Waals surface area contributed by atoms with Crippen LogP contribution < -0.4 is 0 Å². The van der Waals surface area contributed by atoms with Crippen molar-refractivity contribution in [1.82, 2.24) is 4.90 Å². The van der Waals surface area contributed by atoms with Gasteiger partial charge in [-0.15, -0.1) is 0 Å². The van der Waals surface area contributed by atoms with Crippen molar-refractivity contribution in [1.29, 1.82) is 0 Å². The molecular formula is C13H22BNO4. The third-order valence-electron chi connectivity index (χ3n) is 4.61. The molecule has 5 nitrogen and oxygen atoms in total. The van der Waals surface area contributed by atoms with Gasteiger partial charge < -0.3 is 14.4 Å². The molecule has 0 aliphatic carbocycles. The fourth-order valence-electron chi connectivity index (χ4n) is 2.50. The standard InChI is InChI=1S/C13H22BNO4/c1-11(2)9(7-8-15(11)10(16)17)14-18-12(3,4)13(5,6)19-14/h7H,8H2,1-6H3,(H,16,17). The van der Waals surface area contributed by atoms with Gasteiger partial charge in [0.05, 0.1) is 16.7 Å². The molecule has 0 radical (unpaired) electrons. The number of hydrogen-bond donors (Lipinski definition) is 1. The van der Waals surface area contributed by atoms with E-state index in [-0.39, 0.29) is 0 Å². The molecule has 0 saturated carbocycles. The zero-order chi connectivity index (χ0) is 14.6. The number of nitrogens with zero attached hydrogens (tertiary/aromatic N) is 1. The highest BCUT2D eigenvalue weighted by Gasteiger charge is 2.56. The molecular weight excluding hydrogens is 245 g/mol. The Bertz CT molecular complexity index is 426. The molecule has 1 amide bonds. The molecule has 106 valence electrons. The van der Waals surface area contributed by atoms with Crippen LogP contribution in [0.1, 0.15) is 41.5 Å². The third kappa shape index (κ3) is 2.07. The van der Waals surface area contributed by atoms with Crippen molar-refractivity contribution in [2.45, 2.75) is 58.3 Å². The van der Waals surface area contributed by atoms with Crippen LogP contribution in [-0.4, -0.2) is 46.5 Å². The van der Waals surface area contributed by atoms with Gasteiger partial charge in [-0.1, -0.05) is 6.08 Å². The Kier molecular flexibility index (Phi) is 3.03. The monoisotopic (exact) mass is 267 g/mol. The zero-order valence-corrected chi connectivity index (χ0v) is 12.5. The highest BCUT2D eigenvalue weighted by atomic mass is 16.7. The number of rotatable bonds is 1. The summed E-state index contributed by atoms with van der Waals surface area (Å²) >= 11 is 0. The van der Waals surface area contributed by atoms with E-state index in [1.54, 1.807) is 0 Å². The van der Waals surface area contributed by atoms with E-state index in [9.17, 15) is 9.90 Å². The second kappa shape index (κ2) is 3.99. The molecule has 2 aliphatic heterocycles. The highest BCUT2D eigenvalue weighted by Crippen LogP contribution is 2.42. The van der Waals surface area contributed by atoms with Crippen molar-refractivity contribution in [3.63, 3.8) is 0 Å². The maximum Gasteiger partial charge on any atom is 0.492 e. The molecule has 0 aromatic rings. The average molecular weight is 267 g/mol. The van der Waals surface area contributed by atoms with Gasteiger partial charge in [-0.25, -0.2) is 4.79 Å². The van der Waals surface area contributed by atoms with Crippen LogP contribution >= 0.6 is 0 Å². The van der Waals surface area contributed by atoms with E-state index in [0.717, 1.165) is 5.47 Å². The quantitative estimate of drug-likeness (QED) is 0.741. The van der Waals surface area contributed by atoms with E-state index in [0.29, 0.717) is 6.54 Å². The molecule has 2 heterocycles. The summed E-state index contributed by atoms with van der Waals surface area (Å²) < 4.78 is 12.0. The molecule has 0 spiro atoms. The predicted molar refractivity (Wildman–Crippen MR) is 73.0 cm³/mol. The van der Waals surface area contributed by atoms with Crippen LogP contribution in [0.25, 0.3) is 0 Å². The van der Waals surface area contributed by atoms with Crippen molar-refractivity contribution in [3.8, 4) is 0 Å². The smallest absolute Gasteiger partial charge is 0.465 e. The molecule has 0 aromatic heterocycles. The average Bonchev–Trinajstić information content (AvgIpc) is 2.60. The van der Waals surface area contributed by atoms with E-state index < -0.39 is 30.0 Å². The minimum atomic E-state index is -0.923. The predicted octanol–water partition coefficient (Wildman–Crippen LogP) is 2.32. The minimum absolute atomic E-state index is 0.377. The lowest BCUT2D eigenvalue weighted by molar-refractivity contribution is 0.00578. The summed E-state index contributed by atoms with van der Waals surface area (Å²) in [5, 5.41) is 9.23. The first-order valence-corrected chi connectivity index (χ1v) is 6.56. The summed E-state index contributed by atoms with van der Waals surface area (Å²) in [6, 6.07) is 0. The van der Waals surface area contributed by atoms with Crippen LogP contribution in [0.5, 0.6) is 0 Å². The first-order chi connectivity index (χ1) is 8.49. The molecule has 1 fully saturated rings. The Hall–Kier alpha value is -1.01. The summed E-state index contributed by atoms with van der Waals surface area (Å²) in [4.78, 5) is 12.6. The van der Waals surface area contributed by atoms with Crippen LogP contribution in [0, 0.1) is 0 Å². The molecule has 0 atom stereocenters. The highest BCUT2D eigenvalue weighted by molar-refractivity contribution is 6.55. The Labute approximate surface area is 114 Å². The van der Waals surface area contributed by atoms with Crippen LogP contribution in [0.15, 0.2) is 11.5 Å². The summed E-state index contributed by atoms with van der Waals surface area (Å²) in [5.41, 5.74) is -0.544. The van der Waals surface area contributed by atoms with Crippen LogP contribution in [0.2, 0.25) is 0 Å². The van der Waals surface area contributed by atoms with E-state index >= 15 is 0 Å². The van der Waals surface area contributed by atoms with Crippen LogP contribution in [0.4, 0.5) is 4.79 Å². The van der Waals surface area contributed by atoms with Gasteiger partial charge >= 0.3 is 13.2 Å². The van der Waals surface area contributed by atoms with Gasteiger partial charge in [0, 0.05) is 6.54 Å². The van der Waals surface area contributed by atoms with Gasteiger partial charge in [0.2, 0.25) is 0 Å². The zero-order valence-electron chi connectivity index (χ0n) is 12.5. The fourth-order valence-corrected chi connectivity index (χ4v) is 2.50. The molecule has 19 heavy (non-hydrogen) atoms. The van der Waals surface area contributed by atoms with Gasteiger partial charge in [0.1, 0.15) is 0 Å². The van der Waals surface area contributed by atoms with E-state index in [1.165, 1.54) is 4.90 Å². The van der Waals surface area contributed by atoms with Gasteiger partial charge in [-0.05, 0) is 47.0 Å². The number of carbonyl (C=O) groups is 1. The normalized spacial score (nSPS) is 27.6. The lowest BCUT2D eigenvalue weighted by Gasteiger charge is -2.33. The van der Waals surface area contributed by atoms with E-state index in [4.69, 9.17) is 9.31 Å². The summed E-state index contributed by atoms with van der Waals surface area (Å²) in [5.74, 6) is 0. The van der Waals surface area contributed by atoms with Crippen molar-refractivity contribution >= 4 is 13.2 Å². The summed E-state index contributed by atoms with van der Waals surface area (Å²) in [6.45, 7) is 12.1. The number of carboxylic acid groups (broad SMARTS) is 1. The van der Waals surface area contributed by atoms with Crippen molar-refractivity contribution in [2.24, 2.45) is 0 Å². The van der Waals surface area contributed by atoms with Gasteiger partial charge in [0.25, 0.3) is 0 Å². The van der Waals surface area contributed by atoms with Crippen molar-refractivity contribution in [2.75, 3.05) is 6.54 Å². The molecule has 1 saturated heterocycles. The maximum absolute atomic E-state index is 11.2. The van der Waals surface area contributed by atoms with Crippen molar-refractivity contribution < 1.29 is 19.2 Å². The van der Waals surface area contributed by atoms with Crippen LogP contribution in [-0.2, 0) is 9.31 Å². The van der Waals surface area contributed by atoms with Gasteiger partial charge in [-0.3, -0.25) is 4.90 Å². The molecule has 6 heteroatoms. The third-order valence-corrected chi connectivity index (χ3v) is 4.61. The van der Waals surface area contributed by atoms with Gasteiger partial charge in [-0.2, -0.15) is 0 Å². The topological polar surface area (TPSA) is 59.0 Å². The maximum atomic E-state index is 11.2. The Morgan fingerprint density at radius 3 is 2.05 bits per heavy atom. The van der Waals surface area contributed by atoms with E-state index in [1.807, 2.05) is 47.6 Å². The largest absolute Gasteiger partial charge is 0.492 e. The van der Waals surface area contributed by atoms with Gasteiger partial charge in [0.15, 0.2) is 0 Å². The lowest BCUT2D eigenvalue weighted by Crippen LogP contribution is -2.47. The molecule has 1 N–H and O–H groups in total. The van der Waals surface area contributed by atoms with E-state index in [2.05, 4.69) is 0 Å². The minimum Gasteiger partial charge on any atom is -0.465 e. The Morgan fingerprint density at radius 2 is 1.68 bits per heavy atom. The molecule has 2 aliphatic rings. The molecule has 0 bridgehead atoms. The SMILES string of the molecule is CC1(C)C(B2OC(C)(C)C(C)(C)O2)=CCN1C(=O)O. The number of amides is 1. The summed E-state index contributed by atoms with van der Waals surface area (Å²) in [6.07, 6.45) is 0.976. The Morgan fingerprint density at radius 1 is 1.21 bits per heavy atom. The molecule has 0 aromatic carbocycles. The van der Waals surface area contributed by atoms with Crippen molar-refractivity contribution in [3.05, 3.63) is 11.5 Å². The first-order valence-electron chi connectivity index (χ1n) is 6.56. The first kappa shape index (κ1) is 14.4.